The lowest BCUT2D eigenvalue weighted by atomic mass is 10.1. The molecule has 100 valence electrons. The van der Waals surface area contributed by atoms with E-state index in [-0.39, 0.29) is 23.3 Å². The Morgan fingerprint density at radius 2 is 1.95 bits per heavy atom. The summed E-state index contributed by atoms with van der Waals surface area (Å²) in [6, 6.07) is 5.13. The van der Waals surface area contributed by atoms with Crippen molar-refractivity contribution in [2.75, 3.05) is 0 Å². The van der Waals surface area contributed by atoms with Crippen LogP contribution in [0.1, 0.15) is 30.4 Å². The fourth-order valence-corrected chi connectivity index (χ4v) is 2.34. The van der Waals surface area contributed by atoms with Gasteiger partial charge in [0.2, 0.25) is 11.8 Å². The van der Waals surface area contributed by atoms with Crippen LogP contribution in [0.4, 0.5) is 0 Å². The van der Waals surface area contributed by atoms with Gasteiger partial charge in [0.15, 0.2) is 0 Å². The average Bonchev–Trinajstić information content (AvgIpc) is 2.35. The number of likely N-dealkylation sites (tertiary alicyclic amines) is 1. The van der Waals surface area contributed by atoms with Gasteiger partial charge in [0.1, 0.15) is 4.99 Å². The fourth-order valence-electron chi connectivity index (χ4n) is 1.98. The maximum atomic E-state index is 11.7. The third-order valence-electron chi connectivity index (χ3n) is 3.05. The van der Waals surface area contributed by atoms with Gasteiger partial charge in [0.05, 0.1) is 6.54 Å². The molecule has 0 bridgehead atoms. The number of carbonyl (C=O) groups excluding carboxylic acids is 2. The van der Waals surface area contributed by atoms with Crippen LogP contribution in [0.2, 0.25) is 5.02 Å². The summed E-state index contributed by atoms with van der Waals surface area (Å²) in [6.45, 7) is 0.202. The third-order valence-corrected chi connectivity index (χ3v) is 3.64. The summed E-state index contributed by atoms with van der Waals surface area (Å²) in [7, 11) is 0. The highest BCUT2D eigenvalue weighted by atomic mass is 35.5. The summed E-state index contributed by atoms with van der Waals surface area (Å²) in [5.74, 6) is -0.295. The second-order valence-electron chi connectivity index (χ2n) is 4.40. The van der Waals surface area contributed by atoms with Crippen LogP contribution in [0, 0.1) is 0 Å². The van der Waals surface area contributed by atoms with Crippen molar-refractivity contribution in [2.45, 2.75) is 25.8 Å². The number of nitrogens with two attached hydrogens (primary N) is 1. The molecular formula is C13H13ClN2O2S. The van der Waals surface area contributed by atoms with E-state index in [2.05, 4.69) is 0 Å². The number of rotatable bonds is 3. The van der Waals surface area contributed by atoms with Crippen LogP contribution in [-0.2, 0) is 16.1 Å². The SMILES string of the molecule is NC(=S)c1ccc(CN2C(=O)CCCC2=O)c(Cl)c1. The minimum absolute atomic E-state index is 0.147. The number of hydrogen-bond donors (Lipinski definition) is 1. The molecule has 0 atom stereocenters. The van der Waals surface area contributed by atoms with Crippen molar-refractivity contribution in [3.05, 3.63) is 34.3 Å². The molecule has 2 amide bonds. The van der Waals surface area contributed by atoms with Crippen molar-refractivity contribution in [3.63, 3.8) is 0 Å². The van der Waals surface area contributed by atoms with Gasteiger partial charge >= 0.3 is 0 Å². The average molecular weight is 297 g/mol. The number of hydrogen-bond acceptors (Lipinski definition) is 3. The van der Waals surface area contributed by atoms with Crippen LogP contribution in [0.5, 0.6) is 0 Å². The smallest absolute Gasteiger partial charge is 0.229 e. The molecule has 1 aromatic rings. The zero-order chi connectivity index (χ0) is 14.0. The summed E-state index contributed by atoms with van der Waals surface area (Å²) in [4.78, 5) is 25.0. The van der Waals surface area contributed by atoms with Crippen molar-refractivity contribution in [3.8, 4) is 0 Å². The number of amides is 2. The van der Waals surface area contributed by atoms with Crippen LogP contribution in [-0.4, -0.2) is 21.7 Å². The summed E-state index contributed by atoms with van der Waals surface area (Å²) in [5, 5.41) is 0.455. The third kappa shape index (κ3) is 3.11. The Balaban J connectivity index is 2.21. The molecule has 1 aliphatic rings. The van der Waals surface area contributed by atoms with Crippen LogP contribution < -0.4 is 5.73 Å². The number of carbonyl (C=O) groups is 2. The molecule has 1 saturated heterocycles. The second kappa shape index (κ2) is 5.67. The van der Waals surface area contributed by atoms with E-state index in [0.29, 0.717) is 35.4 Å². The van der Waals surface area contributed by atoms with Crippen molar-refractivity contribution in [1.82, 2.24) is 4.90 Å². The predicted octanol–water partition coefficient (Wildman–Crippen LogP) is 2.01. The molecular weight excluding hydrogens is 284 g/mol. The van der Waals surface area contributed by atoms with Gasteiger partial charge in [-0.25, -0.2) is 0 Å². The summed E-state index contributed by atoms with van der Waals surface area (Å²) < 4.78 is 0. The number of halogens is 1. The molecule has 6 heteroatoms. The quantitative estimate of drug-likeness (QED) is 0.684. The standard InChI is InChI=1S/C13H13ClN2O2S/c14-10-6-8(13(15)19)4-5-9(10)7-16-11(17)2-1-3-12(16)18/h4-6H,1-3,7H2,(H2,15,19). The van der Waals surface area contributed by atoms with E-state index < -0.39 is 0 Å². The van der Waals surface area contributed by atoms with Crippen LogP contribution in [0.25, 0.3) is 0 Å². The monoisotopic (exact) mass is 296 g/mol. The molecule has 0 radical (unpaired) electrons. The lowest BCUT2D eigenvalue weighted by Crippen LogP contribution is -2.39. The Hall–Kier alpha value is -1.46. The van der Waals surface area contributed by atoms with Crippen molar-refractivity contribution in [1.29, 1.82) is 0 Å². The molecule has 1 fully saturated rings. The Kier molecular flexibility index (Phi) is 4.17. The Bertz CT molecular complexity index is 544. The molecule has 2 N–H and O–H groups in total. The summed E-state index contributed by atoms with van der Waals surface area (Å²) >= 11 is 11.0. The first-order chi connectivity index (χ1) is 8.99. The first-order valence-electron chi connectivity index (χ1n) is 5.90. The minimum atomic E-state index is -0.147. The first kappa shape index (κ1) is 14.0. The fraction of sp³-hybridized carbons (Fsp3) is 0.308. The molecule has 1 aliphatic heterocycles. The molecule has 1 heterocycles. The predicted molar refractivity (Wildman–Crippen MR) is 76.7 cm³/mol. The number of piperidine rings is 1. The lowest BCUT2D eigenvalue weighted by Gasteiger charge is -2.25. The van der Waals surface area contributed by atoms with Gasteiger partial charge in [-0.15, -0.1) is 0 Å². The Labute approximate surface area is 121 Å². The van der Waals surface area contributed by atoms with Crippen LogP contribution >= 0.6 is 23.8 Å². The number of imide groups is 1. The van der Waals surface area contributed by atoms with Gasteiger partial charge in [-0.1, -0.05) is 36.0 Å². The van der Waals surface area contributed by atoms with Crippen molar-refractivity contribution >= 4 is 40.6 Å². The molecule has 4 nitrogen and oxygen atoms in total. The van der Waals surface area contributed by atoms with Crippen molar-refractivity contribution < 1.29 is 9.59 Å². The van der Waals surface area contributed by atoms with E-state index >= 15 is 0 Å². The molecule has 2 rings (SSSR count). The molecule has 19 heavy (non-hydrogen) atoms. The van der Waals surface area contributed by atoms with E-state index in [0.717, 1.165) is 0 Å². The molecule has 0 spiro atoms. The van der Waals surface area contributed by atoms with Gasteiger partial charge < -0.3 is 5.73 Å². The second-order valence-corrected chi connectivity index (χ2v) is 5.24. The molecule has 0 aromatic heterocycles. The van der Waals surface area contributed by atoms with Gasteiger partial charge in [0.25, 0.3) is 0 Å². The maximum absolute atomic E-state index is 11.7. The highest BCUT2D eigenvalue weighted by Gasteiger charge is 2.26. The number of thiocarbonyl (C=S) groups is 1. The summed E-state index contributed by atoms with van der Waals surface area (Å²) in [6.07, 6.45) is 1.45. The molecule has 1 aromatic carbocycles. The van der Waals surface area contributed by atoms with E-state index in [1.54, 1.807) is 18.2 Å². The topological polar surface area (TPSA) is 63.4 Å². The Morgan fingerprint density at radius 3 is 2.47 bits per heavy atom. The zero-order valence-electron chi connectivity index (χ0n) is 10.2. The largest absolute Gasteiger partial charge is 0.389 e. The molecule has 0 saturated carbocycles. The van der Waals surface area contributed by atoms with Crippen molar-refractivity contribution in [2.24, 2.45) is 5.73 Å². The molecule has 0 unspecified atom stereocenters. The highest BCUT2D eigenvalue weighted by Crippen LogP contribution is 2.22. The van der Waals surface area contributed by atoms with Gasteiger partial charge in [-0.2, -0.15) is 0 Å². The maximum Gasteiger partial charge on any atom is 0.229 e. The lowest BCUT2D eigenvalue weighted by molar-refractivity contribution is -0.148. The van der Waals surface area contributed by atoms with Crippen LogP contribution in [0.3, 0.4) is 0 Å². The summed E-state index contributed by atoms with van der Waals surface area (Å²) in [5.41, 5.74) is 6.90. The first-order valence-corrected chi connectivity index (χ1v) is 6.69. The van der Waals surface area contributed by atoms with E-state index in [1.165, 1.54) is 4.90 Å². The normalized spacial score (nSPS) is 15.7. The highest BCUT2D eigenvalue weighted by molar-refractivity contribution is 7.80. The van der Waals surface area contributed by atoms with E-state index in [1.807, 2.05) is 0 Å². The van der Waals surface area contributed by atoms with Gasteiger partial charge in [-0.3, -0.25) is 14.5 Å². The van der Waals surface area contributed by atoms with Crippen LogP contribution in [0.15, 0.2) is 18.2 Å². The minimum Gasteiger partial charge on any atom is -0.389 e. The van der Waals surface area contributed by atoms with E-state index in [4.69, 9.17) is 29.6 Å². The molecule has 0 aliphatic carbocycles. The number of nitrogens with zero attached hydrogens (tertiary/aromatic N) is 1. The number of benzene rings is 1. The van der Waals surface area contributed by atoms with E-state index in [9.17, 15) is 9.59 Å². The zero-order valence-corrected chi connectivity index (χ0v) is 11.8. The van der Waals surface area contributed by atoms with Gasteiger partial charge in [0, 0.05) is 23.4 Å². The van der Waals surface area contributed by atoms with Gasteiger partial charge in [-0.05, 0) is 18.1 Å². The Morgan fingerprint density at radius 1 is 1.32 bits per heavy atom.